The molecule has 0 bridgehead atoms. The molecule has 0 aliphatic heterocycles. The van der Waals surface area contributed by atoms with Gasteiger partial charge in [-0.1, -0.05) is 13.3 Å². The fraction of sp³-hybridized carbons (Fsp3) is 1.00. The molecule has 5 nitrogen and oxygen atoms in total. The minimum atomic E-state index is -2.92. The second kappa shape index (κ2) is 9.49. The molecule has 0 saturated heterocycles. The first-order valence-corrected chi connectivity index (χ1v) is 27.9. The minimum absolute atomic E-state index is 0.814. The van der Waals surface area contributed by atoms with Crippen LogP contribution in [0.5, 0.6) is 0 Å². The third kappa shape index (κ3) is 13.9. The summed E-state index contributed by atoms with van der Waals surface area (Å²) in [6.07, 6.45) is 0.964. The van der Waals surface area contributed by atoms with E-state index >= 15 is 0 Å². The van der Waals surface area contributed by atoms with Crippen LogP contribution >= 0.6 is 0 Å². The van der Waals surface area contributed by atoms with Crippen molar-refractivity contribution in [3.8, 4) is 0 Å². The van der Waals surface area contributed by atoms with Crippen LogP contribution in [0.25, 0.3) is 0 Å². The highest BCUT2D eigenvalue weighted by Gasteiger charge is 2.55. The summed E-state index contributed by atoms with van der Waals surface area (Å²) in [4.78, 5) is 0. The Morgan fingerprint density at radius 2 is 0.741 bits per heavy atom. The van der Waals surface area contributed by atoms with Crippen molar-refractivity contribution in [2.24, 2.45) is 0 Å². The van der Waals surface area contributed by atoms with Crippen molar-refractivity contribution in [2.75, 3.05) is 0 Å². The first kappa shape index (κ1) is 28.1. The molecule has 0 N–H and O–H groups in total. The highest BCUT2D eigenvalue weighted by Crippen LogP contribution is 2.33. The molecule has 0 aromatic heterocycles. The second-order valence-electron chi connectivity index (χ2n) is 11.3. The standard InChI is InChI=1S/C16H46O5Si6/c1-15-16-27(19-24(8,9)10,20-25(11,12)13)21-26(14,17-22(2,3)4)18-23(5,6)7/h15-16H2,1-14H3. The van der Waals surface area contributed by atoms with Crippen LogP contribution in [0.15, 0.2) is 0 Å². The Hall–Kier alpha value is 1.10. The summed E-state index contributed by atoms with van der Waals surface area (Å²) in [5, 5.41) is 0. The SMILES string of the molecule is CCC[Si](O[Si](C)(C)C)(O[Si](C)(C)C)O[Si](C)(O[Si](C)(C)C)O[Si](C)(C)C. The molecule has 27 heavy (non-hydrogen) atoms. The second-order valence-corrected chi connectivity index (χ2v) is 35.8. The molecule has 0 aromatic carbocycles. The van der Waals surface area contributed by atoms with E-state index in [-0.39, 0.29) is 0 Å². The molecular weight excluding hydrogens is 441 g/mol. The van der Waals surface area contributed by atoms with E-state index < -0.39 is 50.9 Å². The Labute approximate surface area is 175 Å². The molecule has 164 valence electrons. The van der Waals surface area contributed by atoms with E-state index in [9.17, 15) is 0 Å². The van der Waals surface area contributed by atoms with Crippen LogP contribution in [0.2, 0.25) is 91.2 Å². The molecule has 0 aliphatic carbocycles. The van der Waals surface area contributed by atoms with Gasteiger partial charge in [0, 0.05) is 12.6 Å². The summed E-state index contributed by atoms with van der Waals surface area (Å²) >= 11 is 0. The van der Waals surface area contributed by atoms with Gasteiger partial charge in [0.2, 0.25) is 0 Å². The molecule has 0 rings (SSSR count). The molecule has 0 fully saturated rings. The fourth-order valence-corrected chi connectivity index (χ4v) is 26.6. The Morgan fingerprint density at radius 3 is 0.963 bits per heavy atom. The van der Waals surface area contributed by atoms with Gasteiger partial charge in [0.15, 0.2) is 33.3 Å². The first-order chi connectivity index (χ1) is 11.6. The molecular formula is C16H46O5Si6. The molecule has 0 aliphatic rings. The lowest BCUT2D eigenvalue weighted by Gasteiger charge is -2.46. The predicted molar refractivity (Wildman–Crippen MR) is 131 cm³/mol. The Morgan fingerprint density at radius 1 is 0.444 bits per heavy atom. The van der Waals surface area contributed by atoms with Crippen molar-refractivity contribution in [1.29, 1.82) is 0 Å². The van der Waals surface area contributed by atoms with E-state index in [0.29, 0.717) is 0 Å². The van der Waals surface area contributed by atoms with Gasteiger partial charge in [-0.05, 0) is 78.6 Å². The number of hydrogen-bond acceptors (Lipinski definition) is 5. The van der Waals surface area contributed by atoms with Crippen LogP contribution in [0.3, 0.4) is 0 Å². The van der Waals surface area contributed by atoms with Crippen LogP contribution in [0.4, 0.5) is 0 Å². The van der Waals surface area contributed by atoms with Crippen molar-refractivity contribution in [2.45, 2.75) is 104 Å². The lowest BCUT2D eigenvalue weighted by atomic mass is 10.6. The van der Waals surface area contributed by atoms with Gasteiger partial charge in [0.1, 0.15) is 0 Å². The molecule has 0 atom stereocenters. The van der Waals surface area contributed by atoms with E-state index in [1.54, 1.807) is 0 Å². The van der Waals surface area contributed by atoms with E-state index in [4.69, 9.17) is 20.6 Å². The van der Waals surface area contributed by atoms with Gasteiger partial charge < -0.3 is 20.6 Å². The van der Waals surface area contributed by atoms with Crippen LogP contribution in [0, 0.1) is 0 Å². The van der Waals surface area contributed by atoms with Crippen molar-refractivity contribution in [1.82, 2.24) is 0 Å². The smallest absolute Gasteiger partial charge is 0.417 e. The van der Waals surface area contributed by atoms with Gasteiger partial charge in [-0.25, -0.2) is 0 Å². The van der Waals surface area contributed by atoms with Gasteiger partial charge in [-0.2, -0.15) is 0 Å². The lowest BCUT2D eigenvalue weighted by molar-refractivity contribution is 0.178. The average molecular weight is 487 g/mol. The van der Waals surface area contributed by atoms with Gasteiger partial charge in [0.25, 0.3) is 0 Å². The molecule has 0 amide bonds. The van der Waals surface area contributed by atoms with E-state index in [1.807, 2.05) is 0 Å². The van der Waals surface area contributed by atoms with E-state index in [2.05, 4.69) is 92.0 Å². The Kier molecular flexibility index (Phi) is 9.88. The van der Waals surface area contributed by atoms with Crippen molar-refractivity contribution in [3.63, 3.8) is 0 Å². The summed E-state index contributed by atoms with van der Waals surface area (Å²) < 4.78 is 33.6. The maximum atomic E-state index is 6.90. The Bertz CT molecular complexity index is 430. The maximum absolute atomic E-state index is 6.90. The van der Waals surface area contributed by atoms with E-state index in [1.165, 1.54) is 0 Å². The third-order valence-corrected chi connectivity index (χ3v) is 21.9. The van der Waals surface area contributed by atoms with Crippen LogP contribution in [-0.4, -0.2) is 50.9 Å². The topological polar surface area (TPSA) is 46.2 Å². The average Bonchev–Trinajstić information content (AvgIpc) is 2.14. The van der Waals surface area contributed by atoms with E-state index in [0.717, 1.165) is 12.5 Å². The normalized spacial score (nSPS) is 15.3. The molecule has 0 aromatic rings. The number of hydrogen-bond donors (Lipinski definition) is 0. The summed E-state index contributed by atoms with van der Waals surface area (Å²) in [5.41, 5.74) is 0. The van der Waals surface area contributed by atoms with Gasteiger partial charge in [-0.15, -0.1) is 0 Å². The zero-order chi connectivity index (χ0) is 21.9. The van der Waals surface area contributed by atoms with Crippen molar-refractivity contribution >= 4 is 50.9 Å². The number of rotatable bonds is 12. The first-order valence-electron chi connectivity index (χ1n) is 10.1. The molecule has 0 radical (unpaired) electrons. The molecule has 0 heterocycles. The quantitative estimate of drug-likeness (QED) is 0.302. The third-order valence-electron chi connectivity index (χ3n) is 2.80. The summed E-state index contributed by atoms with van der Waals surface area (Å²) in [5.74, 6) is 0. The van der Waals surface area contributed by atoms with Gasteiger partial charge in [0.05, 0.1) is 0 Å². The van der Waals surface area contributed by atoms with Gasteiger partial charge in [-0.3, -0.25) is 0 Å². The minimum Gasteiger partial charge on any atom is -0.417 e. The van der Waals surface area contributed by atoms with Crippen molar-refractivity contribution in [3.05, 3.63) is 0 Å². The monoisotopic (exact) mass is 486 g/mol. The molecule has 11 heteroatoms. The van der Waals surface area contributed by atoms with Crippen molar-refractivity contribution < 1.29 is 20.6 Å². The summed E-state index contributed by atoms with van der Waals surface area (Å²) in [7, 11) is -13.3. The van der Waals surface area contributed by atoms with Crippen LogP contribution in [0.1, 0.15) is 13.3 Å². The lowest BCUT2D eigenvalue weighted by Crippen LogP contribution is -2.66. The molecule has 0 saturated carbocycles. The molecule has 0 unspecified atom stereocenters. The molecule has 0 spiro atoms. The maximum Gasteiger partial charge on any atom is 0.472 e. The largest absolute Gasteiger partial charge is 0.472 e. The van der Waals surface area contributed by atoms with Crippen LogP contribution in [-0.2, 0) is 20.6 Å². The summed E-state index contributed by atoms with van der Waals surface area (Å²) in [6.45, 7) is 30.6. The zero-order valence-corrected chi connectivity index (χ0v) is 26.5. The highest BCUT2D eigenvalue weighted by atomic mass is 28.5. The zero-order valence-electron chi connectivity index (χ0n) is 20.5. The highest BCUT2D eigenvalue weighted by molar-refractivity contribution is 6.92. The van der Waals surface area contributed by atoms with Gasteiger partial charge >= 0.3 is 17.6 Å². The van der Waals surface area contributed by atoms with Crippen LogP contribution < -0.4 is 0 Å². The Balaban J connectivity index is 6.14. The predicted octanol–water partition coefficient (Wildman–Crippen LogP) is 6.33. The fourth-order valence-electron chi connectivity index (χ4n) is 2.91. The summed E-state index contributed by atoms with van der Waals surface area (Å²) in [6, 6.07) is 0.814.